The molecule has 472 valence electrons. The SMILES string of the molecule is CCCCCCCCCCCCCCCCCCC(=O)OC[C@H](COP(=O)(O)OC1C(O[C@@H]2OC(CO)[C@H](O)C(O)[C@@H]2O)C(O)C(O)C(O)[C@H]1O[C@H]1OC(CO)[C@@H](O)C(O)[C@H]1O)OC(=O)CCCCCCCCCCCCCCC. The van der Waals surface area contributed by atoms with E-state index in [1.54, 1.807) is 0 Å². The van der Waals surface area contributed by atoms with Crippen molar-refractivity contribution in [1.29, 1.82) is 0 Å². The second-order valence-electron chi connectivity index (χ2n) is 22.2. The molecule has 23 nitrogen and oxygen atoms in total. The van der Waals surface area contributed by atoms with Crippen molar-refractivity contribution < 1.29 is 113 Å². The van der Waals surface area contributed by atoms with Crippen molar-refractivity contribution in [3.8, 4) is 0 Å². The number of hydrogen-bond acceptors (Lipinski definition) is 22. The van der Waals surface area contributed by atoms with Gasteiger partial charge >= 0.3 is 19.8 Å². The molecule has 0 amide bonds. The van der Waals surface area contributed by atoms with Crippen LogP contribution < -0.4 is 0 Å². The minimum Gasteiger partial charge on any atom is -0.462 e. The molecule has 12 N–H and O–H groups in total. The fraction of sp³-hybridized carbons (Fsp3) is 0.964. The van der Waals surface area contributed by atoms with Crippen molar-refractivity contribution >= 4 is 19.8 Å². The third-order valence-electron chi connectivity index (χ3n) is 15.4. The average molecular weight is 1180 g/mol. The Hall–Kier alpha value is -1.55. The standard InChI is InChI=1S/C56H105O23P/c1-3-5-7-9-11-13-15-17-18-19-21-22-24-26-28-30-32-41(59)72-36-38(74-42(60)33-31-29-27-25-23-20-16-14-12-10-8-6-4-2)37-73-80(70,71)79-54-52(77-55-50(68)45(63)43(61)39(34-57)75-55)48(66)47(65)49(67)53(54)78-56-51(69)46(64)44(62)40(35-58)76-56/h38-40,43-58,61-69H,3-37H2,1-2H3,(H,70,71)/t38-,39?,40?,43-,44+,45?,46?,47?,48?,49?,50-,51+,52-,53?,54?,55-,56+/m1/s1. The number of aliphatic hydroxyl groups is 11. The van der Waals surface area contributed by atoms with Crippen LogP contribution in [-0.2, 0) is 51.6 Å². The number of carbonyl (C=O) groups excluding carboxylic acids is 2. The second kappa shape index (κ2) is 41.5. The second-order valence-corrected chi connectivity index (χ2v) is 23.6. The lowest BCUT2D eigenvalue weighted by molar-refractivity contribution is -0.360. The molecule has 3 aliphatic rings. The number of hydrogen-bond donors (Lipinski definition) is 12. The van der Waals surface area contributed by atoms with Gasteiger partial charge in [0.15, 0.2) is 18.7 Å². The van der Waals surface area contributed by atoms with E-state index in [-0.39, 0.29) is 12.8 Å². The van der Waals surface area contributed by atoms with Crippen LogP contribution in [0.3, 0.4) is 0 Å². The molecule has 0 aromatic rings. The quantitative estimate of drug-likeness (QED) is 0.0226. The summed E-state index contributed by atoms with van der Waals surface area (Å²) in [7, 11) is -5.63. The van der Waals surface area contributed by atoms with E-state index < -0.39 is 150 Å². The molecule has 3 rings (SSSR count). The molecule has 2 saturated heterocycles. The van der Waals surface area contributed by atoms with Crippen molar-refractivity contribution in [2.45, 2.75) is 317 Å². The Balaban J connectivity index is 1.68. The Morgan fingerprint density at radius 1 is 0.425 bits per heavy atom. The van der Waals surface area contributed by atoms with Crippen LogP contribution >= 0.6 is 7.82 Å². The van der Waals surface area contributed by atoms with Gasteiger partial charge in [-0.2, -0.15) is 0 Å². The Kier molecular flexibility index (Phi) is 37.7. The molecule has 0 aromatic carbocycles. The molecule has 1 aliphatic carbocycles. The summed E-state index contributed by atoms with van der Waals surface area (Å²) in [5.74, 6) is -1.32. The average Bonchev–Trinajstić information content (AvgIpc) is 3.44. The third-order valence-corrected chi connectivity index (χ3v) is 16.4. The first-order valence-corrected chi connectivity index (χ1v) is 31.9. The fourth-order valence-corrected chi connectivity index (χ4v) is 11.3. The molecule has 80 heavy (non-hydrogen) atoms. The van der Waals surface area contributed by atoms with E-state index in [4.69, 9.17) is 37.5 Å². The van der Waals surface area contributed by atoms with Crippen molar-refractivity contribution in [3.05, 3.63) is 0 Å². The Morgan fingerprint density at radius 3 is 1.10 bits per heavy atom. The van der Waals surface area contributed by atoms with Gasteiger partial charge in [-0.05, 0) is 12.8 Å². The van der Waals surface area contributed by atoms with Crippen LogP contribution in [0.5, 0.6) is 0 Å². The van der Waals surface area contributed by atoms with Crippen LogP contribution in [0.15, 0.2) is 0 Å². The van der Waals surface area contributed by atoms with Crippen molar-refractivity contribution in [1.82, 2.24) is 0 Å². The number of ether oxygens (including phenoxy) is 6. The minimum atomic E-state index is -5.63. The molecule has 24 heteroatoms. The molecule has 18 atom stereocenters. The zero-order chi connectivity index (χ0) is 58.9. The first kappa shape index (κ1) is 72.7. The summed E-state index contributed by atoms with van der Waals surface area (Å²) in [5, 5.41) is 117. The summed E-state index contributed by atoms with van der Waals surface area (Å²) >= 11 is 0. The van der Waals surface area contributed by atoms with Crippen molar-refractivity contribution in [2.75, 3.05) is 26.4 Å². The van der Waals surface area contributed by atoms with E-state index in [0.29, 0.717) is 12.8 Å². The van der Waals surface area contributed by atoms with Gasteiger partial charge < -0.3 is 89.5 Å². The largest absolute Gasteiger partial charge is 0.472 e. The van der Waals surface area contributed by atoms with Gasteiger partial charge in [-0.3, -0.25) is 18.6 Å². The molecule has 10 unspecified atom stereocenters. The van der Waals surface area contributed by atoms with Crippen LogP contribution in [0, 0.1) is 0 Å². The van der Waals surface area contributed by atoms with Gasteiger partial charge in [0.25, 0.3) is 0 Å². The van der Waals surface area contributed by atoms with Gasteiger partial charge in [-0.25, -0.2) is 4.57 Å². The minimum absolute atomic E-state index is 0.0250. The maximum absolute atomic E-state index is 14.0. The maximum Gasteiger partial charge on any atom is 0.472 e. The summed E-state index contributed by atoms with van der Waals surface area (Å²) in [6.07, 6.45) is -2.06. The molecule has 3 fully saturated rings. The van der Waals surface area contributed by atoms with E-state index in [2.05, 4.69) is 13.8 Å². The highest BCUT2D eigenvalue weighted by atomic mass is 31.2. The molecule has 2 heterocycles. The lowest BCUT2D eigenvalue weighted by Gasteiger charge is -2.49. The monoisotopic (exact) mass is 1180 g/mol. The van der Waals surface area contributed by atoms with E-state index in [1.165, 1.54) is 116 Å². The molecule has 0 radical (unpaired) electrons. The number of unbranched alkanes of at least 4 members (excludes halogenated alkanes) is 27. The first-order chi connectivity index (χ1) is 38.4. The van der Waals surface area contributed by atoms with E-state index in [1.807, 2.05) is 0 Å². The summed E-state index contributed by atoms with van der Waals surface area (Å²) < 4.78 is 58.2. The summed E-state index contributed by atoms with van der Waals surface area (Å²) in [6.45, 7) is 1.03. The van der Waals surface area contributed by atoms with Gasteiger partial charge in [0, 0.05) is 12.8 Å². The van der Waals surface area contributed by atoms with Crippen LogP contribution in [0.1, 0.15) is 213 Å². The molecular weight excluding hydrogens is 1070 g/mol. The number of phosphoric acid groups is 1. The normalized spacial score (nSPS) is 31.2. The molecule has 0 bridgehead atoms. The highest BCUT2D eigenvalue weighted by molar-refractivity contribution is 7.47. The lowest BCUT2D eigenvalue weighted by atomic mass is 9.84. The first-order valence-electron chi connectivity index (χ1n) is 30.4. The highest BCUT2D eigenvalue weighted by Gasteiger charge is 2.58. The van der Waals surface area contributed by atoms with Gasteiger partial charge in [-0.15, -0.1) is 0 Å². The van der Waals surface area contributed by atoms with E-state index in [0.717, 1.165) is 57.8 Å². The number of phosphoric ester groups is 1. The van der Waals surface area contributed by atoms with Gasteiger partial charge in [0.2, 0.25) is 0 Å². The summed E-state index contributed by atoms with van der Waals surface area (Å²) in [5.41, 5.74) is 0. The van der Waals surface area contributed by atoms with E-state index in [9.17, 15) is 75.2 Å². The number of rotatable bonds is 45. The lowest BCUT2D eigenvalue weighted by Crippen LogP contribution is -2.69. The molecule has 1 saturated carbocycles. The molecule has 2 aliphatic heterocycles. The molecule has 0 aromatic heterocycles. The Morgan fingerprint density at radius 2 is 0.750 bits per heavy atom. The van der Waals surface area contributed by atoms with Crippen molar-refractivity contribution in [2.24, 2.45) is 0 Å². The highest BCUT2D eigenvalue weighted by Crippen LogP contribution is 2.49. The Bertz CT molecular complexity index is 1600. The number of esters is 2. The summed E-state index contributed by atoms with van der Waals surface area (Å²) in [4.78, 5) is 37.5. The molecular formula is C56H105O23P. The molecule has 0 spiro atoms. The zero-order valence-electron chi connectivity index (χ0n) is 47.9. The predicted octanol–water partition coefficient (Wildman–Crippen LogP) is 4.54. The van der Waals surface area contributed by atoms with Crippen molar-refractivity contribution in [3.63, 3.8) is 0 Å². The van der Waals surface area contributed by atoms with Gasteiger partial charge in [-0.1, -0.05) is 187 Å². The van der Waals surface area contributed by atoms with Crippen LogP contribution in [-0.4, -0.2) is 204 Å². The van der Waals surface area contributed by atoms with Crippen LogP contribution in [0.25, 0.3) is 0 Å². The maximum atomic E-state index is 14.0. The topological polar surface area (TPSA) is 368 Å². The fourth-order valence-electron chi connectivity index (χ4n) is 10.4. The number of aliphatic hydroxyl groups excluding tert-OH is 11. The number of carbonyl (C=O) groups is 2. The van der Waals surface area contributed by atoms with Crippen LogP contribution in [0.4, 0.5) is 0 Å². The smallest absolute Gasteiger partial charge is 0.462 e. The Labute approximate surface area is 474 Å². The van der Waals surface area contributed by atoms with Gasteiger partial charge in [0.05, 0.1) is 19.8 Å². The zero-order valence-corrected chi connectivity index (χ0v) is 48.8. The van der Waals surface area contributed by atoms with E-state index >= 15 is 0 Å². The third kappa shape index (κ3) is 26.8. The van der Waals surface area contributed by atoms with Crippen LogP contribution in [0.2, 0.25) is 0 Å². The predicted molar refractivity (Wildman–Crippen MR) is 291 cm³/mol. The summed E-state index contributed by atoms with van der Waals surface area (Å²) in [6, 6.07) is 0. The van der Waals surface area contributed by atoms with Gasteiger partial charge in [0.1, 0.15) is 92.1 Å².